The van der Waals surface area contributed by atoms with E-state index < -0.39 is 0 Å². The van der Waals surface area contributed by atoms with E-state index in [0.717, 1.165) is 22.3 Å². The molecule has 0 radical (unpaired) electrons. The van der Waals surface area contributed by atoms with Crippen LogP contribution in [0.15, 0.2) is 35.2 Å². The van der Waals surface area contributed by atoms with Crippen molar-refractivity contribution in [2.45, 2.75) is 13.3 Å². The number of nitrogens with zero attached hydrogens (tertiary/aromatic N) is 2. The molecule has 1 aromatic heterocycles. The number of nitrogens with two attached hydrogens (primary N) is 1. The van der Waals surface area contributed by atoms with Crippen LogP contribution in [0, 0.1) is 6.92 Å². The average Bonchev–Trinajstić information content (AvgIpc) is 2.71. The lowest BCUT2D eigenvalue weighted by molar-refractivity contribution is 0.871. The van der Waals surface area contributed by atoms with Gasteiger partial charge in [-0.2, -0.15) is 0 Å². The second kappa shape index (κ2) is 4.80. The van der Waals surface area contributed by atoms with Gasteiger partial charge < -0.3 is 10.3 Å². The predicted molar refractivity (Wildman–Crippen MR) is 68.8 cm³/mol. The molecule has 0 saturated heterocycles. The molecule has 3 nitrogen and oxygen atoms in total. The molecule has 1 heterocycles. The third-order valence-electron chi connectivity index (χ3n) is 2.55. The fraction of sp³-hybridized carbons (Fsp3) is 0.250. The second-order valence-corrected chi connectivity index (χ2v) is 4.49. The molecular weight excluding hydrogens is 266 g/mol. The molecule has 16 heavy (non-hydrogen) atoms. The van der Waals surface area contributed by atoms with Crippen LogP contribution in [0.4, 0.5) is 0 Å². The van der Waals surface area contributed by atoms with Gasteiger partial charge in [-0.1, -0.05) is 12.1 Å². The van der Waals surface area contributed by atoms with Crippen molar-refractivity contribution in [1.29, 1.82) is 0 Å². The largest absolute Gasteiger partial charge is 0.330 e. The van der Waals surface area contributed by atoms with Crippen molar-refractivity contribution in [3.8, 4) is 5.69 Å². The number of benzene rings is 1. The fourth-order valence-electron chi connectivity index (χ4n) is 1.69. The highest BCUT2D eigenvalue weighted by Crippen LogP contribution is 2.25. The minimum atomic E-state index is 0.634. The van der Waals surface area contributed by atoms with E-state index in [-0.39, 0.29) is 0 Å². The van der Waals surface area contributed by atoms with Crippen molar-refractivity contribution in [2.75, 3.05) is 6.54 Å². The van der Waals surface area contributed by atoms with Crippen LogP contribution in [0.3, 0.4) is 0 Å². The molecular formula is C12H14BrN3. The standard InChI is InChI=1S/C12H14BrN3/c1-9-3-2-4-11(12(9)13)16-8-15-7-10(16)5-6-14/h2-4,7-8H,5-6,14H2,1H3. The molecule has 0 fully saturated rings. The molecule has 2 aromatic rings. The molecule has 0 aliphatic rings. The van der Waals surface area contributed by atoms with Gasteiger partial charge >= 0.3 is 0 Å². The molecule has 4 heteroatoms. The Balaban J connectivity index is 2.50. The third-order valence-corrected chi connectivity index (χ3v) is 3.58. The summed E-state index contributed by atoms with van der Waals surface area (Å²) < 4.78 is 3.18. The zero-order chi connectivity index (χ0) is 11.5. The molecule has 0 unspecified atom stereocenters. The Kier molecular flexibility index (Phi) is 3.41. The average molecular weight is 280 g/mol. The lowest BCUT2D eigenvalue weighted by atomic mass is 10.2. The first-order valence-corrected chi connectivity index (χ1v) is 6.00. The van der Waals surface area contributed by atoms with Crippen LogP contribution in [0.1, 0.15) is 11.3 Å². The first-order valence-electron chi connectivity index (χ1n) is 5.21. The summed E-state index contributed by atoms with van der Waals surface area (Å²) in [5, 5.41) is 0. The lowest BCUT2D eigenvalue weighted by Gasteiger charge is -2.11. The Bertz CT molecular complexity index is 491. The lowest BCUT2D eigenvalue weighted by Crippen LogP contribution is -2.07. The summed E-state index contributed by atoms with van der Waals surface area (Å²) in [6, 6.07) is 6.19. The smallest absolute Gasteiger partial charge is 0.0994 e. The van der Waals surface area contributed by atoms with Gasteiger partial charge in [-0.15, -0.1) is 0 Å². The van der Waals surface area contributed by atoms with Crippen molar-refractivity contribution < 1.29 is 0 Å². The first-order chi connectivity index (χ1) is 7.74. The third kappa shape index (κ3) is 2.03. The summed E-state index contributed by atoms with van der Waals surface area (Å²) in [7, 11) is 0. The van der Waals surface area contributed by atoms with E-state index >= 15 is 0 Å². The van der Waals surface area contributed by atoms with Crippen molar-refractivity contribution in [2.24, 2.45) is 5.73 Å². The summed E-state index contributed by atoms with van der Waals surface area (Å²) in [6.45, 7) is 2.71. The maximum absolute atomic E-state index is 5.58. The van der Waals surface area contributed by atoms with E-state index in [1.165, 1.54) is 5.56 Å². The van der Waals surface area contributed by atoms with Crippen LogP contribution >= 0.6 is 15.9 Å². The summed E-state index contributed by atoms with van der Waals surface area (Å²) >= 11 is 3.61. The molecule has 0 saturated carbocycles. The van der Waals surface area contributed by atoms with Crippen molar-refractivity contribution in [3.05, 3.63) is 46.5 Å². The monoisotopic (exact) mass is 279 g/mol. The maximum Gasteiger partial charge on any atom is 0.0994 e. The van der Waals surface area contributed by atoms with Crippen LogP contribution in [0.25, 0.3) is 5.69 Å². The van der Waals surface area contributed by atoms with Gasteiger partial charge in [0.05, 0.1) is 12.0 Å². The Labute approximate surface area is 103 Å². The van der Waals surface area contributed by atoms with Crippen LogP contribution in [0.5, 0.6) is 0 Å². The van der Waals surface area contributed by atoms with Gasteiger partial charge in [0.1, 0.15) is 0 Å². The molecule has 0 bridgehead atoms. The van der Waals surface area contributed by atoms with Gasteiger partial charge in [-0.25, -0.2) is 4.98 Å². The number of rotatable bonds is 3. The normalized spacial score (nSPS) is 10.7. The minimum absolute atomic E-state index is 0.634. The molecule has 2 N–H and O–H groups in total. The summed E-state index contributed by atoms with van der Waals surface area (Å²) in [4.78, 5) is 4.17. The summed E-state index contributed by atoms with van der Waals surface area (Å²) in [5.41, 5.74) is 9.04. The zero-order valence-corrected chi connectivity index (χ0v) is 10.7. The van der Waals surface area contributed by atoms with E-state index in [4.69, 9.17) is 5.73 Å². The van der Waals surface area contributed by atoms with Gasteiger partial charge in [0.25, 0.3) is 0 Å². The van der Waals surface area contributed by atoms with Crippen LogP contribution in [-0.4, -0.2) is 16.1 Å². The van der Waals surface area contributed by atoms with E-state index in [9.17, 15) is 0 Å². The first kappa shape index (κ1) is 11.4. The Morgan fingerprint density at radius 3 is 3.00 bits per heavy atom. The maximum atomic E-state index is 5.58. The number of halogens is 1. The zero-order valence-electron chi connectivity index (χ0n) is 9.15. The number of hydrogen-bond donors (Lipinski definition) is 1. The predicted octanol–water partition coefficient (Wildman–Crippen LogP) is 2.44. The molecule has 0 aliphatic carbocycles. The van der Waals surface area contributed by atoms with E-state index in [1.807, 2.05) is 18.6 Å². The van der Waals surface area contributed by atoms with Gasteiger partial charge in [-0.3, -0.25) is 0 Å². The van der Waals surface area contributed by atoms with Crippen molar-refractivity contribution in [3.63, 3.8) is 0 Å². The molecule has 2 rings (SSSR count). The highest BCUT2D eigenvalue weighted by atomic mass is 79.9. The molecule has 1 aromatic carbocycles. The number of imidazole rings is 1. The Morgan fingerprint density at radius 1 is 1.44 bits per heavy atom. The molecule has 0 spiro atoms. The number of hydrogen-bond acceptors (Lipinski definition) is 2. The van der Waals surface area contributed by atoms with Crippen LogP contribution < -0.4 is 5.73 Å². The van der Waals surface area contributed by atoms with Gasteiger partial charge in [0, 0.05) is 22.8 Å². The molecule has 0 atom stereocenters. The molecule has 0 aliphatic heterocycles. The van der Waals surface area contributed by atoms with Crippen LogP contribution in [0.2, 0.25) is 0 Å². The summed E-state index contributed by atoms with van der Waals surface area (Å²) in [5.74, 6) is 0. The van der Waals surface area contributed by atoms with E-state index in [1.54, 1.807) is 0 Å². The quantitative estimate of drug-likeness (QED) is 0.938. The summed E-state index contributed by atoms with van der Waals surface area (Å²) in [6.07, 6.45) is 4.52. The van der Waals surface area contributed by atoms with Gasteiger partial charge in [-0.05, 0) is 41.0 Å². The Morgan fingerprint density at radius 2 is 2.25 bits per heavy atom. The fourth-order valence-corrected chi connectivity index (χ4v) is 2.15. The number of aryl methyl sites for hydroxylation is 1. The molecule has 0 amide bonds. The minimum Gasteiger partial charge on any atom is -0.330 e. The Hall–Kier alpha value is -1.13. The van der Waals surface area contributed by atoms with Gasteiger partial charge in [0.2, 0.25) is 0 Å². The van der Waals surface area contributed by atoms with Crippen molar-refractivity contribution in [1.82, 2.24) is 9.55 Å². The molecule has 84 valence electrons. The second-order valence-electron chi connectivity index (χ2n) is 3.70. The van der Waals surface area contributed by atoms with Crippen LogP contribution in [-0.2, 0) is 6.42 Å². The van der Waals surface area contributed by atoms with E-state index in [2.05, 4.69) is 44.5 Å². The van der Waals surface area contributed by atoms with E-state index in [0.29, 0.717) is 6.54 Å². The SMILES string of the molecule is Cc1cccc(-n2cncc2CCN)c1Br. The highest BCUT2D eigenvalue weighted by molar-refractivity contribution is 9.10. The number of aromatic nitrogens is 2. The van der Waals surface area contributed by atoms with Crippen molar-refractivity contribution >= 4 is 15.9 Å². The van der Waals surface area contributed by atoms with Gasteiger partial charge in [0.15, 0.2) is 0 Å². The highest BCUT2D eigenvalue weighted by Gasteiger charge is 2.08. The topological polar surface area (TPSA) is 43.8 Å².